The van der Waals surface area contributed by atoms with Crippen LogP contribution in [0.1, 0.15) is 77.9 Å². The van der Waals surface area contributed by atoms with Crippen LogP contribution in [-0.4, -0.2) is 115 Å². The molecular formula is C47H57N11O10S. The Balaban J connectivity index is 1.34. The van der Waals surface area contributed by atoms with Crippen LogP contribution in [-0.2, 0) is 35.8 Å². The van der Waals surface area contributed by atoms with E-state index >= 15 is 0 Å². The molecule has 3 aromatic carbocycles. The fraction of sp³-hybridized carbons (Fsp3) is 0.404. The van der Waals surface area contributed by atoms with Crippen LogP contribution in [0.15, 0.2) is 60.7 Å². The van der Waals surface area contributed by atoms with Crippen molar-refractivity contribution >= 4 is 39.7 Å². The summed E-state index contributed by atoms with van der Waals surface area (Å²) in [6.45, 7) is 3.61. The second-order valence-electron chi connectivity index (χ2n) is 16.9. The predicted octanol–water partition coefficient (Wildman–Crippen LogP) is 1.46. The zero-order valence-corrected chi connectivity index (χ0v) is 39.5. The number of phenolic OH excluding ortho intramolecular Hbond substituents is 1. The molecule has 1 unspecified atom stereocenters. The van der Waals surface area contributed by atoms with Gasteiger partial charge in [0.25, 0.3) is 16.1 Å². The summed E-state index contributed by atoms with van der Waals surface area (Å²) in [6, 6.07) is 12.2. The van der Waals surface area contributed by atoms with Gasteiger partial charge in [-0.3, -0.25) is 24.0 Å². The second-order valence-corrected chi connectivity index (χ2v) is 18.3. The van der Waals surface area contributed by atoms with E-state index in [4.69, 9.17) is 25.6 Å². The molecule has 1 aromatic heterocycles. The second kappa shape index (κ2) is 22.7. The molecule has 69 heavy (non-hydrogen) atoms. The number of carbonyl (C=O) groups is 5. The minimum absolute atomic E-state index is 0.000283. The number of nitrogens with zero attached hydrogens (tertiary/aromatic N) is 4. The Morgan fingerprint density at radius 2 is 1.67 bits per heavy atom. The normalized spacial score (nSPS) is 18.0. The third kappa shape index (κ3) is 13.1. The summed E-state index contributed by atoms with van der Waals surface area (Å²) in [6.07, 6.45) is 5.55. The molecule has 4 bridgehead atoms. The lowest BCUT2D eigenvalue weighted by Gasteiger charge is -2.32. The van der Waals surface area contributed by atoms with E-state index in [1.165, 1.54) is 38.6 Å². The highest BCUT2D eigenvalue weighted by Gasteiger charge is 2.37. The van der Waals surface area contributed by atoms with Gasteiger partial charge >= 0.3 is 0 Å². The molecule has 1 aliphatic heterocycles. The van der Waals surface area contributed by atoms with Crippen molar-refractivity contribution in [2.45, 2.75) is 89.6 Å². The van der Waals surface area contributed by atoms with Crippen molar-refractivity contribution in [3.05, 3.63) is 88.7 Å². The molecular weight excluding hydrogens is 911 g/mol. The number of fused-ring (bicyclic) bond motifs is 5. The lowest BCUT2D eigenvalue weighted by Crippen LogP contribution is -2.57. The zero-order chi connectivity index (χ0) is 50.0. The fourth-order valence-corrected chi connectivity index (χ4v) is 8.68. The lowest BCUT2D eigenvalue weighted by molar-refractivity contribution is -0.141. The molecule has 6 rings (SSSR count). The molecule has 1 saturated carbocycles. The summed E-state index contributed by atoms with van der Waals surface area (Å²) in [5.41, 5.74) is 7.94. The van der Waals surface area contributed by atoms with Gasteiger partial charge in [-0.1, -0.05) is 18.6 Å². The molecule has 5 amide bonds. The van der Waals surface area contributed by atoms with E-state index in [0.717, 1.165) is 36.3 Å². The van der Waals surface area contributed by atoms with Gasteiger partial charge in [-0.25, -0.2) is 15.1 Å². The maximum absolute atomic E-state index is 14.7. The topological polar surface area (TPSA) is 323 Å². The minimum atomic E-state index is -4.45. The Morgan fingerprint density at radius 3 is 2.32 bits per heavy atom. The van der Waals surface area contributed by atoms with Gasteiger partial charge in [0.05, 0.1) is 29.1 Å². The number of hydrogen-bond acceptors (Lipinski definition) is 14. The van der Waals surface area contributed by atoms with Crippen molar-refractivity contribution in [1.29, 1.82) is 5.26 Å². The number of nitrogens with two attached hydrogens (primary N) is 2. The summed E-state index contributed by atoms with van der Waals surface area (Å²) < 4.78 is 38.6. The van der Waals surface area contributed by atoms with Crippen LogP contribution < -0.4 is 46.3 Å². The van der Waals surface area contributed by atoms with Gasteiger partial charge in [-0.2, -0.15) is 18.4 Å². The molecule has 2 heterocycles. The molecule has 1 aliphatic carbocycles. The average molecular weight is 968 g/mol. The largest absolute Gasteiger partial charge is 0.507 e. The summed E-state index contributed by atoms with van der Waals surface area (Å²) in [7, 11) is -3.22. The molecule has 1 fully saturated rings. The first kappa shape index (κ1) is 51.2. The van der Waals surface area contributed by atoms with E-state index in [1.54, 1.807) is 32.0 Å². The van der Waals surface area contributed by atoms with Gasteiger partial charge in [-0.05, 0) is 106 Å². The van der Waals surface area contributed by atoms with Gasteiger partial charge in [0, 0.05) is 43.2 Å². The lowest BCUT2D eigenvalue weighted by atomic mass is 9.93. The number of nitriles is 1. The summed E-state index contributed by atoms with van der Waals surface area (Å²) in [5, 5.41) is 36.0. The van der Waals surface area contributed by atoms with Crippen LogP contribution in [0, 0.1) is 25.2 Å². The monoisotopic (exact) mass is 967 g/mol. The van der Waals surface area contributed by atoms with Gasteiger partial charge in [-0.15, -0.1) is 0 Å². The van der Waals surface area contributed by atoms with Crippen LogP contribution in [0.25, 0.3) is 22.5 Å². The van der Waals surface area contributed by atoms with Crippen LogP contribution in [0.5, 0.6) is 17.2 Å². The van der Waals surface area contributed by atoms with Crippen LogP contribution in [0.4, 0.5) is 0 Å². The van der Waals surface area contributed by atoms with Crippen molar-refractivity contribution in [3.63, 3.8) is 0 Å². The number of aromatic nitrogens is 2. The first-order chi connectivity index (χ1) is 32.9. The van der Waals surface area contributed by atoms with E-state index in [0.29, 0.717) is 22.5 Å². The summed E-state index contributed by atoms with van der Waals surface area (Å²) in [4.78, 5) is 80.5. The first-order valence-corrected chi connectivity index (χ1v) is 23.9. The average Bonchev–Trinajstić information content (AvgIpc) is 3.31. The quantitative estimate of drug-likeness (QED) is 0.0783. The smallest absolute Gasteiger partial charge is 0.274 e. The minimum Gasteiger partial charge on any atom is -0.507 e. The van der Waals surface area contributed by atoms with Crippen LogP contribution in [0.3, 0.4) is 0 Å². The maximum Gasteiger partial charge on any atom is 0.274 e. The third-order valence-electron chi connectivity index (χ3n) is 11.8. The predicted molar refractivity (Wildman–Crippen MR) is 252 cm³/mol. The Morgan fingerprint density at radius 1 is 0.971 bits per heavy atom. The van der Waals surface area contributed by atoms with Crippen molar-refractivity contribution < 1.29 is 47.0 Å². The van der Waals surface area contributed by atoms with E-state index < -0.39 is 70.5 Å². The summed E-state index contributed by atoms with van der Waals surface area (Å²) in [5.74, 6) is -3.19. The number of nitrogens with one attached hydrogen (secondary N) is 5. The number of amides is 5. The number of ether oxygens (including phenoxy) is 2. The molecule has 0 saturated heterocycles. The molecule has 366 valence electrons. The molecule has 21 nitrogen and oxygen atoms in total. The summed E-state index contributed by atoms with van der Waals surface area (Å²) >= 11 is 0. The number of hydrogen-bond donors (Lipinski definition) is 8. The van der Waals surface area contributed by atoms with E-state index in [1.807, 2.05) is 30.3 Å². The zero-order valence-electron chi connectivity index (χ0n) is 38.7. The Kier molecular flexibility index (Phi) is 16.9. The Bertz CT molecular complexity index is 2700. The number of carbonyl (C=O) groups excluding carboxylic acids is 5. The number of rotatable bonds is 15. The number of benzene rings is 3. The Labute approximate surface area is 399 Å². The number of aromatic hydroxyl groups is 1. The third-order valence-corrected chi connectivity index (χ3v) is 12.3. The van der Waals surface area contributed by atoms with Crippen LogP contribution >= 0.6 is 0 Å². The number of likely N-dealkylation sites (N-methyl/N-ethyl adjacent to an activating group) is 1. The van der Waals surface area contributed by atoms with Crippen molar-refractivity contribution in [2.24, 2.45) is 10.9 Å². The molecule has 0 spiro atoms. The van der Waals surface area contributed by atoms with Gasteiger partial charge in [0.1, 0.15) is 54.6 Å². The van der Waals surface area contributed by atoms with E-state index in [9.17, 15) is 37.5 Å². The van der Waals surface area contributed by atoms with Crippen LogP contribution in [0.2, 0.25) is 0 Å². The molecule has 2 aliphatic rings. The van der Waals surface area contributed by atoms with Gasteiger partial charge < -0.3 is 46.5 Å². The van der Waals surface area contributed by atoms with Crippen molar-refractivity contribution in [1.82, 2.24) is 40.9 Å². The van der Waals surface area contributed by atoms with E-state index in [-0.39, 0.29) is 71.8 Å². The highest BCUT2D eigenvalue weighted by atomic mass is 32.2. The van der Waals surface area contributed by atoms with Crippen molar-refractivity contribution in [3.8, 4) is 45.8 Å². The van der Waals surface area contributed by atoms with Crippen molar-refractivity contribution in [2.75, 3.05) is 33.3 Å². The SMILES string of the molecule is Cc1nc(-c2ccc(OC3CCCCC3)cc2)nc(C)c1C(=O)NC(CNS(N)(=O)=O)C(=O)N(C)[C@@H]1C(=O)N[C@@H](C)C(=O)N[C@H](C(=O)NCC#N)Cc2ccc(OCCN)c(c2)-c2cc1ccc2O. The number of aryl methyl sites for hydroxylation is 2. The molecule has 4 aromatic rings. The van der Waals surface area contributed by atoms with E-state index in [2.05, 4.69) is 36.0 Å². The molecule has 10 N–H and O–H groups in total. The fourth-order valence-electron chi connectivity index (χ4n) is 8.28. The molecule has 0 radical (unpaired) electrons. The highest BCUT2D eigenvalue weighted by molar-refractivity contribution is 7.87. The maximum atomic E-state index is 14.7. The molecule has 4 atom stereocenters. The van der Waals surface area contributed by atoms with Gasteiger partial charge in [0.2, 0.25) is 23.6 Å². The highest BCUT2D eigenvalue weighted by Crippen LogP contribution is 2.39. The number of phenols is 1. The van der Waals surface area contributed by atoms with Gasteiger partial charge in [0.15, 0.2) is 5.82 Å². The Hall–Kier alpha value is -7.19. The molecule has 22 heteroatoms. The standard InChI is InChI=1S/C47H57N11O10S/c1-26-40(27(2)54-42(53-26)30-11-14-33(15-12-30)68-32-8-6-5-7-9-32)45(62)57-37(25-52-69(50,65)66)47(64)58(4)41-31-13-16-38(59)34(24-31)35-22-29(10-17-39(35)67-21-19-49)23-36(44(61)51-20-18-48)56-43(60)28(3)55-46(41)63/h10-17,22,24,28,32,36-37,41,52,59H,5-9,19-21,23,25,49H2,1-4H3,(H,51,61)(H,55,63)(H,56,60)(H,57,62)(H2,50,65,66)/t28-,36-,37?,41-/m0/s1. The first-order valence-electron chi connectivity index (χ1n) is 22.4.